The summed E-state index contributed by atoms with van der Waals surface area (Å²) in [7, 11) is 0. The van der Waals surface area contributed by atoms with E-state index in [0.29, 0.717) is 12.7 Å². The van der Waals surface area contributed by atoms with E-state index in [2.05, 4.69) is 4.90 Å². The third kappa shape index (κ3) is 4.19. The number of pyridine rings is 1. The molecule has 0 N–H and O–H groups in total. The average molecular weight is 368 g/mol. The molecule has 0 atom stereocenters. The summed E-state index contributed by atoms with van der Waals surface area (Å²) in [6, 6.07) is 12.3. The molecule has 5 nitrogen and oxygen atoms in total. The molecule has 4 rings (SSSR count). The number of piperidine rings is 1. The van der Waals surface area contributed by atoms with Gasteiger partial charge in [0, 0.05) is 30.8 Å². The number of nitrogens with zero attached hydrogens (tertiary/aromatic N) is 2. The summed E-state index contributed by atoms with van der Waals surface area (Å²) < 4.78 is 7.49. The number of aromatic nitrogens is 1. The molecule has 0 unspecified atom stereocenters. The predicted molar refractivity (Wildman–Crippen MR) is 106 cm³/mol. The number of likely N-dealkylation sites (tertiary alicyclic amines) is 1. The molecule has 1 saturated heterocycles. The maximum Gasteiger partial charge on any atom is 0.282 e. The van der Waals surface area contributed by atoms with Crippen LogP contribution in [0.15, 0.2) is 47.4 Å². The number of benzene rings is 1. The van der Waals surface area contributed by atoms with Crippen LogP contribution in [-0.2, 0) is 0 Å². The van der Waals surface area contributed by atoms with Gasteiger partial charge in [0.1, 0.15) is 18.5 Å². The Bertz CT molecular complexity index is 803. The second kappa shape index (κ2) is 8.17. The van der Waals surface area contributed by atoms with Crippen LogP contribution in [0.4, 0.5) is 0 Å². The molecule has 1 aromatic heterocycles. The summed E-state index contributed by atoms with van der Waals surface area (Å²) in [4.78, 5) is 19.7. The normalized spacial score (nSPS) is 18.9. The van der Waals surface area contributed by atoms with Crippen LogP contribution in [0, 0.1) is 0 Å². The van der Waals surface area contributed by atoms with Gasteiger partial charge >= 0.3 is 0 Å². The van der Waals surface area contributed by atoms with Gasteiger partial charge in [-0.05, 0) is 56.4 Å². The highest BCUT2D eigenvalue weighted by atomic mass is 16.7. The highest BCUT2D eigenvalue weighted by molar-refractivity contribution is 5.63. The third-order valence-electron chi connectivity index (χ3n) is 5.71. The Hall–Kier alpha value is -2.27. The van der Waals surface area contributed by atoms with Crippen LogP contribution in [0.25, 0.3) is 11.1 Å². The van der Waals surface area contributed by atoms with Gasteiger partial charge in [0.2, 0.25) is 0 Å². The van der Waals surface area contributed by atoms with Crippen molar-refractivity contribution >= 4 is 0 Å². The van der Waals surface area contributed by atoms with Gasteiger partial charge in [-0.15, -0.1) is 0 Å². The first kappa shape index (κ1) is 18.1. The van der Waals surface area contributed by atoms with Crippen LogP contribution in [0.5, 0.6) is 5.75 Å². The van der Waals surface area contributed by atoms with Gasteiger partial charge in [-0.2, -0.15) is 4.73 Å². The molecule has 1 saturated carbocycles. The summed E-state index contributed by atoms with van der Waals surface area (Å²) in [5, 5.41) is 0. The smallest absolute Gasteiger partial charge is 0.282 e. The Morgan fingerprint density at radius 3 is 2.30 bits per heavy atom. The predicted octanol–water partition coefficient (Wildman–Crippen LogP) is 3.36. The minimum absolute atomic E-state index is 0.159. The largest absolute Gasteiger partial charge is 0.490 e. The molecule has 0 bridgehead atoms. The molecule has 1 aliphatic heterocycles. The van der Waals surface area contributed by atoms with Crippen LogP contribution in [0.1, 0.15) is 39.0 Å². The van der Waals surface area contributed by atoms with Gasteiger partial charge in [-0.3, -0.25) is 4.79 Å². The van der Waals surface area contributed by atoms with E-state index in [0.717, 1.165) is 48.8 Å². The Labute approximate surface area is 160 Å². The molecular weight excluding hydrogens is 340 g/mol. The summed E-state index contributed by atoms with van der Waals surface area (Å²) >= 11 is 0. The van der Waals surface area contributed by atoms with Crippen molar-refractivity contribution in [2.45, 2.75) is 51.2 Å². The van der Waals surface area contributed by atoms with E-state index in [9.17, 15) is 4.79 Å². The van der Waals surface area contributed by atoms with Gasteiger partial charge in [-0.25, -0.2) is 0 Å². The molecule has 0 spiro atoms. The van der Waals surface area contributed by atoms with Crippen molar-refractivity contribution in [2.24, 2.45) is 0 Å². The monoisotopic (exact) mass is 368 g/mol. The van der Waals surface area contributed by atoms with Gasteiger partial charge < -0.3 is 14.5 Å². The molecule has 2 aliphatic rings. The van der Waals surface area contributed by atoms with Gasteiger partial charge in [0.05, 0.1) is 6.20 Å². The van der Waals surface area contributed by atoms with Crippen molar-refractivity contribution in [3.8, 4) is 16.9 Å². The fraction of sp³-hybridized carbons (Fsp3) is 0.500. The van der Waals surface area contributed by atoms with E-state index in [4.69, 9.17) is 9.57 Å². The SMILES string of the molecule is CCOn1cc(-c2ccc(OC3CCN(C4CCC4)CC3)cc2)ccc1=O. The lowest BCUT2D eigenvalue weighted by atomic mass is 9.90. The standard InChI is InChI=1S/C22H28N2O3/c1-2-26-24-16-18(8-11-22(24)25)17-6-9-20(10-7-17)27-21-12-14-23(15-13-21)19-4-3-5-19/h6-11,16,19,21H,2-5,12-15H2,1H3. The Balaban J connectivity index is 1.36. The van der Waals surface area contributed by atoms with Crippen molar-refractivity contribution in [1.29, 1.82) is 0 Å². The molecule has 2 aromatic rings. The zero-order valence-corrected chi connectivity index (χ0v) is 16.0. The van der Waals surface area contributed by atoms with Gasteiger partial charge in [0.25, 0.3) is 5.56 Å². The molecule has 0 amide bonds. The molecule has 27 heavy (non-hydrogen) atoms. The number of rotatable bonds is 6. The van der Waals surface area contributed by atoms with E-state index in [1.54, 1.807) is 6.20 Å². The second-order valence-electron chi connectivity index (χ2n) is 7.46. The van der Waals surface area contributed by atoms with Crippen LogP contribution < -0.4 is 15.1 Å². The molecule has 2 fully saturated rings. The summed E-state index contributed by atoms with van der Waals surface area (Å²) in [5.41, 5.74) is 1.83. The fourth-order valence-corrected chi connectivity index (χ4v) is 3.91. The number of ether oxygens (including phenoxy) is 1. The first-order valence-corrected chi connectivity index (χ1v) is 10.1. The highest BCUT2D eigenvalue weighted by Crippen LogP contribution is 2.29. The molecule has 5 heteroatoms. The van der Waals surface area contributed by atoms with E-state index in [-0.39, 0.29) is 5.56 Å². The lowest BCUT2D eigenvalue weighted by molar-refractivity contribution is 0.0493. The summed E-state index contributed by atoms with van der Waals surface area (Å²) in [6.07, 6.45) is 8.42. The summed E-state index contributed by atoms with van der Waals surface area (Å²) in [5.74, 6) is 0.916. The van der Waals surface area contributed by atoms with Crippen LogP contribution in [0.2, 0.25) is 0 Å². The average Bonchev–Trinajstić information content (AvgIpc) is 2.65. The maximum atomic E-state index is 11.8. The molecular formula is C22H28N2O3. The highest BCUT2D eigenvalue weighted by Gasteiger charge is 2.29. The molecule has 2 heterocycles. The second-order valence-corrected chi connectivity index (χ2v) is 7.46. The minimum Gasteiger partial charge on any atom is -0.490 e. The lowest BCUT2D eigenvalue weighted by Gasteiger charge is -2.41. The Kier molecular flexibility index (Phi) is 5.48. The molecule has 144 valence electrons. The van der Waals surface area contributed by atoms with Crippen molar-refractivity contribution < 1.29 is 9.57 Å². The first-order valence-electron chi connectivity index (χ1n) is 10.1. The van der Waals surface area contributed by atoms with E-state index in [1.165, 1.54) is 30.1 Å². The van der Waals surface area contributed by atoms with E-state index < -0.39 is 0 Å². The third-order valence-corrected chi connectivity index (χ3v) is 5.71. The van der Waals surface area contributed by atoms with Crippen molar-refractivity contribution in [2.75, 3.05) is 19.7 Å². The van der Waals surface area contributed by atoms with E-state index >= 15 is 0 Å². The number of hydrogen-bond donors (Lipinski definition) is 0. The van der Waals surface area contributed by atoms with Crippen molar-refractivity contribution in [3.05, 3.63) is 52.9 Å². The number of hydrogen-bond acceptors (Lipinski definition) is 4. The van der Waals surface area contributed by atoms with Gasteiger partial charge in [0.15, 0.2) is 0 Å². The molecule has 1 aromatic carbocycles. The quantitative estimate of drug-likeness (QED) is 0.784. The first-order chi connectivity index (χ1) is 13.2. The van der Waals surface area contributed by atoms with Crippen molar-refractivity contribution in [1.82, 2.24) is 9.63 Å². The lowest BCUT2D eigenvalue weighted by Crippen LogP contribution is -2.46. The minimum atomic E-state index is -0.159. The zero-order chi connectivity index (χ0) is 18.6. The van der Waals surface area contributed by atoms with Crippen molar-refractivity contribution in [3.63, 3.8) is 0 Å². The maximum absolute atomic E-state index is 11.8. The van der Waals surface area contributed by atoms with Crippen LogP contribution >= 0.6 is 0 Å². The van der Waals surface area contributed by atoms with Crippen LogP contribution in [0.3, 0.4) is 0 Å². The Morgan fingerprint density at radius 1 is 0.963 bits per heavy atom. The summed E-state index contributed by atoms with van der Waals surface area (Å²) in [6.45, 7) is 4.64. The zero-order valence-electron chi connectivity index (χ0n) is 16.0. The fourth-order valence-electron chi connectivity index (χ4n) is 3.91. The van der Waals surface area contributed by atoms with Crippen LogP contribution in [-0.4, -0.2) is 41.5 Å². The van der Waals surface area contributed by atoms with E-state index in [1.807, 2.05) is 37.3 Å². The van der Waals surface area contributed by atoms with Gasteiger partial charge in [-0.1, -0.05) is 18.6 Å². The molecule has 0 radical (unpaired) electrons. The Morgan fingerprint density at radius 2 is 1.67 bits per heavy atom. The molecule has 1 aliphatic carbocycles. The topological polar surface area (TPSA) is 43.7 Å².